The molecule has 0 aliphatic carbocycles. The van der Waals surface area contributed by atoms with Gasteiger partial charge in [0.15, 0.2) is 5.17 Å². The maximum atomic E-state index is 13.3. The van der Waals surface area contributed by atoms with E-state index in [1.54, 1.807) is 6.07 Å². The van der Waals surface area contributed by atoms with Gasteiger partial charge in [-0.3, -0.25) is 14.6 Å². The number of carbonyl (C=O) groups excluding carboxylic acids is 3. The number of aromatic carboxylic acids is 1. The number of halogens is 1. The summed E-state index contributed by atoms with van der Waals surface area (Å²) in [4.78, 5) is 41.0. The minimum absolute atomic E-state index is 0.0322. The largest absolute Gasteiger partial charge is 0.545 e. The molecule has 9 heteroatoms. The Hall–Kier alpha value is -3.20. The van der Waals surface area contributed by atoms with Crippen LogP contribution in [0.1, 0.15) is 16.8 Å². The number of imide groups is 1. The summed E-state index contributed by atoms with van der Waals surface area (Å²) in [5.74, 6) is -2.58. The average molecular weight is 400 g/mol. The van der Waals surface area contributed by atoms with Crippen LogP contribution in [0.3, 0.4) is 0 Å². The number of rotatable bonds is 4. The van der Waals surface area contributed by atoms with Gasteiger partial charge in [0.2, 0.25) is 11.8 Å². The molecule has 28 heavy (non-hydrogen) atoms. The first-order valence-corrected chi connectivity index (χ1v) is 9.11. The summed E-state index contributed by atoms with van der Waals surface area (Å²) >= 11 is 1.07. The zero-order valence-corrected chi connectivity index (χ0v) is 15.5. The molecule has 1 saturated heterocycles. The van der Waals surface area contributed by atoms with Gasteiger partial charge in [0.25, 0.3) is 0 Å². The Labute approximate surface area is 164 Å². The number of thioether (sulfide) groups is 1. The van der Waals surface area contributed by atoms with Gasteiger partial charge in [0.05, 0.1) is 11.7 Å². The lowest BCUT2D eigenvalue weighted by atomic mass is 10.2. The number of aliphatic imine (C=N–C) groups is 1. The molecule has 0 spiro atoms. The molecule has 2 amide bonds. The first kappa shape index (κ1) is 19.6. The zero-order chi connectivity index (χ0) is 20.3. The fourth-order valence-electron chi connectivity index (χ4n) is 2.68. The van der Waals surface area contributed by atoms with Gasteiger partial charge in [0, 0.05) is 19.2 Å². The predicted molar refractivity (Wildman–Crippen MR) is 103 cm³/mol. The van der Waals surface area contributed by atoms with Gasteiger partial charge in [-0.25, -0.2) is 9.29 Å². The van der Waals surface area contributed by atoms with E-state index in [1.807, 2.05) is 0 Å². The Morgan fingerprint density at radius 3 is 2.57 bits per heavy atom. The molecule has 1 aliphatic rings. The van der Waals surface area contributed by atoms with E-state index < -0.39 is 28.9 Å². The van der Waals surface area contributed by atoms with Gasteiger partial charge in [-0.05, 0) is 35.9 Å². The minimum Gasteiger partial charge on any atom is -0.545 e. The number of hydrogen-bond donors (Lipinski definition) is 1. The molecule has 0 bridgehead atoms. The Morgan fingerprint density at radius 1 is 1.25 bits per heavy atom. The molecule has 1 aliphatic heterocycles. The van der Waals surface area contributed by atoms with Crippen molar-refractivity contribution in [1.29, 1.82) is 0 Å². The van der Waals surface area contributed by atoms with E-state index in [9.17, 15) is 23.9 Å². The topological polar surface area (TPSA) is 102 Å². The fourth-order valence-corrected chi connectivity index (χ4v) is 3.66. The van der Waals surface area contributed by atoms with Crippen molar-refractivity contribution in [1.82, 2.24) is 0 Å². The van der Waals surface area contributed by atoms with E-state index in [0.29, 0.717) is 10.9 Å². The van der Waals surface area contributed by atoms with Gasteiger partial charge in [-0.2, -0.15) is 0 Å². The number of carboxylic acids is 1. The van der Waals surface area contributed by atoms with Crippen LogP contribution >= 0.6 is 11.8 Å². The van der Waals surface area contributed by atoms with Crippen LogP contribution in [0.2, 0.25) is 0 Å². The van der Waals surface area contributed by atoms with Crippen molar-refractivity contribution in [2.45, 2.75) is 11.7 Å². The third kappa shape index (κ3) is 4.20. The molecule has 144 valence electrons. The highest BCUT2D eigenvalue weighted by Crippen LogP contribution is 2.31. The number of carboxylic acid groups (broad SMARTS) is 1. The summed E-state index contributed by atoms with van der Waals surface area (Å²) in [5.41, 5.74) is 0.712. The molecule has 0 unspecified atom stereocenters. The quantitative estimate of drug-likeness (QED) is 0.476. The Bertz CT molecular complexity index is 962. The number of amidine groups is 1. The van der Waals surface area contributed by atoms with E-state index in [1.165, 1.54) is 49.5 Å². The average Bonchev–Trinajstić information content (AvgIpc) is 2.94. The Balaban J connectivity index is 1.72. The number of amides is 2. The second-order valence-corrected chi connectivity index (χ2v) is 7.07. The van der Waals surface area contributed by atoms with Crippen molar-refractivity contribution in [3.63, 3.8) is 0 Å². The summed E-state index contributed by atoms with van der Waals surface area (Å²) in [5, 5.41) is 13.4. The zero-order valence-electron chi connectivity index (χ0n) is 14.7. The summed E-state index contributed by atoms with van der Waals surface area (Å²) in [6.45, 7) is 0. The summed E-state index contributed by atoms with van der Waals surface area (Å²) in [6, 6.07) is 11.1. The van der Waals surface area contributed by atoms with E-state index in [4.69, 9.17) is 0 Å². The van der Waals surface area contributed by atoms with Crippen molar-refractivity contribution >= 4 is 46.1 Å². The fraction of sp³-hybridized carbons (Fsp3) is 0.158. The van der Waals surface area contributed by atoms with Gasteiger partial charge in [-0.1, -0.05) is 30.0 Å². The molecule has 7 nitrogen and oxygen atoms in total. The minimum atomic E-state index is -1.34. The molecule has 1 heterocycles. The van der Waals surface area contributed by atoms with Crippen LogP contribution in [0, 0.1) is 5.82 Å². The van der Waals surface area contributed by atoms with Crippen molar-refractivity contribution in [2.75, 3.05) is 17.3 Å². The first-order chi connectivity index (χ1) is 13.4. The first-order valence-electron chi connectivity index (χ1n) is 8.23. The number of anilines is 2. The third-order valence-corrected chi connectivity index (χ3v) is 5.16. The van der Waals surface area contributed by atoms with E-state index >= 15 is 0 Å². The molecular formula is C19H15FN3O4S-. The van der Waals surface area contributed by atoms with Crippen LogP contribution in [0.4, 0.5) is 15.8 Å². The third-order valence-electron chi connectivity index (χ3n) is 4.00. The molecule has 1 atom stereocenters. The molecular weight excluding hydrogens is 385 g/mol. The summed E-state index contributed by atoms with van der Waals surface area (Å²) in [6.07, 6.45) is -0.0322. The van der Waals surface area contributed by atoms with Gasteiger partial charge < -0.3 is 15.2 Å². The van der Waals surface area contributed by atoms with Crippen molar-refractivity contribution < 1.29 is 23.9 Å². The predicted octanol–water partition coefficient (Wildman–Crippen LogP) is 1.65. The molecule has 2 aromatic carbocycles. The molecule has 0 aromatic heterocycles. The van der Waals surface area contributed by atoms with Crippen molar-refractivity contribution in [3.8, 4) is 0 Å². The van der Waals surface area contributed by atoms with Crippen molar-refractivity contribution in [2.24, 2.45) is 4.99 Å². The summed E-state index contributed by atoms with van der Waals surface area (Å²) in [7, 11) is 1.52. The normalized spacial score (nSPS) is 17.1. The van der Waals surface area contributed by atoms with Crippen molar-refractivity contribution in [3.05, 3.63) is 59.9 Å². The highest BCUT2D eigenvalue weighted by Gasteiger charge is 2.40. The SMILES string of the molecule is CN=C(Nc1cccc(F)c1)S[C@H]1CC(=O)N(c2ccc(C(=O)[O-])cc2)C1=O. The maximum Gasteiger partial charge on any atom is 0.247 e. The van der Waals surface area contributed by atoms with Gasteiger partial charge in [0.1, 0.15) is 11.1 Å². The van der Waals surface area contributed by atoms with Gasteiger partial charge >= 0.3 is 0 Å². The van der Waals surface area contributed by atoms with Crippen LogP contribution in [0.15, 0.2) is 53.5 Å². The second kappa shape index (κ2) is 8.22. The molecule has 0 saturated carbocycles. The number of hydrogen-bond acceptors (Lipinski definition) is 6. The van der Waals surface area contributed by atoms with Crippen LogP contribution in [0.5, 0.6) is 0 Å². The number of nitrogens with one attached hydrogen (secondary N) is 1. The number of carbonyl (C=O) groups is 3. The highest BCUT2D eigenvalue weighted by atomic mass is 32.2. The molecule has 1 fully saturated rings. The molecule has 2 aromatic rings. The van der Waals surface area contributed by atoms with Crippen LogP contribution < -0.4 is 15.3 Å². The lowest BCUT2D eigenvalue weighted by Crippen LogP contribution is -2.32. The lowest BCUT2D eigenvalue weighted by molar-refractivity contribution is -0.255. The molecule has 3 rings (SSSR count). The van der Waals surface area contributed by atoms with Gasteiger partial charge in [-0.15, -0.1) is 0 Å². The molecule has 1 N–H and O–H groups in total. The van der Waals surface area contributed by atoms with E-state index in [0.717, 1.165) is 16.7 Å². The monoisotopic (exact) mass is 400 g/mol. The Kier molecular flexibility index (Phi) is 5.74. The van der Waals surface area contributed by atoms with Crippen LogP contribution in [0.25, 0.3) is 0 Å². The second-order valence-electron chi connectivity index (χ2n) is 5.88. The standard InChI is InChI=1S/C19H16FN3O4S/c1-21-19(22-13-4-2-3-12(20)9-13)28-15-10-16(24)23(17(15)25)14-7-5-11(6-8-14)18(26)27/h2-9,15H,10H2,1H3,(H,21,22)(H,26,27)/p-1/t15-/m0/s1. The van der Waals surface area contributed by atoms with Crippen LogP contribution in [-0.4, -0.2) is 35.2 Å². The maximum absolute atomic E-state index is 13.3. The Morgan fingerprint density at radius 2 is 1.96 bits per heavy atom. The lowest BCUT2D eigenvalue weighted by Gasteiger charge is -2.16. The highest BCUT2D eigenvalue weighted by molar-refractivity contribution is 8.15. The van der Waals surface area contributed by atoms with E-state index in [-0.39, 0.29) is 17.7 Å². The number of benzene rings is 2. The molecule has 0 radical (unpaired) electrons. The smallest absolute Gasteiger partial charge is 0.247 e. The van der Waals surface area contributed by atoms with E-state index in [2.05, 4.69) is 10.3 Å². The number of nitrogens with zero attached hydrogens (tertiary/aromatic N) is 2. The van der Waals surface area contributed by atoms with Crippen LogP contribution in [-0.2, 0) is 9.59 Å². The summed E-state index contributed by atoms with van der Waals surface area (Å²) < 4.78 is 13.3.